The summed E-state index contributed by atoms with van der Waals surface area (Å²) < 4.78 is 0. The van der Waals surface area contributed by atoms with E-state index in [2.05, 4.69) is 204 Å². The molecule has 2 aliphatic heterocycles. The largest absolute Gasteiger partial charge is 0.355 e. The Hall–Kier alpha value is -5.80. The lowest BCUT2D eigenvalue weighted by Crippen LogP contribution is -2.46. The van der Waals surface area contributed by atoms with Crippen LogP contribution in [0.5, 0.6) is 0 Å². The zero-order valence-corrected chi connectivity index (χ0v) is 34.4. The number of nitrogens with zero attached hydrogens (tertiary/aromatic N) is 1. The second-order valence-electron chi connectivity index (χ2n) is 18.6. The van der Waals surface area contributed by atoms with Crippen LogP contribution in [-0.4, -0.2) is 7.28 Å². The van der Waals surface area contributed by atoms with Crippen LogP contribution in [0.4, 0.5) is 28.4 Å². The highest BCUT2D eigenvalue weighted by molar-refractivity contribution is 6.73. The van der Waals surface area contributed by atoms with E-state index in [1.165, 1.54) is 102 Å². The van der Waals surface area contributed by atoms with Crippen LogP contribution in [0.2, 0.25) is 0 Å². The van der Waals surface area contributed by atoms with E-state index in [4.69, 9.17) is 0 Å². The summed E-state index contributed by atoms with van der Waals surface area (Å²) in [6.07, 6.45) is 2.40. The molecule has 7 aromatic carbocycles. The molecule has 0 atom stereocenters. The van der Waals surface area contributed by atoms with Gasteiger partial charge in [-0.05, 0) is 128 Å². The Morgan fingerprint density at radius 1 is 0.509 bits per heavy atom. The lowest BCUT2D eigenvalue weighted by atomic mass is 9.55. The van der Waals surface area contributed by atoms with Crippen molar-refractivity contribution < 1.29 is 0 Å². The first-order chi connectivity index (χ1) is 27.4. The fraction of sp³-hybridized carbons (Fsp3) is 0.222. The average molecular weight is 739 g/mol. The molecule has 1 N–H and O–H groups in total. The Balaban J connectivity index is 1.20. The summed E-state index contributed by atoms with van der Waals surface area (Å²) in [6.45, 7) is 17.0. The van der Waals surface area contributed by atoms with Crippen molar-refractivity contribution in [2.24, 2.45) is 0 Å². The van der Waals surface area contributed by atoms with E-state index in [0.717, 1.165) is 18.7 Å². The van der Waals surface area contributed by atoms with Crippen molar-refractivity contribution in [3.05, 3.63) is 173 Å². The second kappa shape index (κ2) is 12.9. The molecule has 0 aromatic heterocycles. The van der Waals surface area contributed by atoms with E-state index in [1.807, 2.05) is 0 Å². The van der Waals surface area contributed by atoms with Gasteiger partial charge >= 0.3 is 0 Å². The number of anilines is 5. The summed E-state index contributed by atoms with van der Waals surface area (Å²) in [5.41, 5.74) is 23.6. The Kier molecular flexibility index (Phi) is 8.04. The molecule has 0 amide bonds. The molecule has 0 radical (unpaired) electrons. The molecule has 0 bridgehead atoms. The van der Waals surface area contributed by atoms with Gasteiger partial charge in [0.25, 0.3) is 0 Å². The normalized spacial score (nSPS) is 16.4. The smallest absolute Gasteiger partial charge is 0.198 e. The Morgan fingerprint density at radius 2 is 1.14 bits per heavy atom. The predicted octanol–water partition coefficient (Wildman–Crippen LogP) is 12.9. The molecule has 0 spiro atoms. The topological polar surface area (TPSA) is 15.3 Å². The first-order valence-electron chi connectivity index (χ1n) is 20.8. The summed E-state index contributed by atoms with van der Waals surface area (Å²) in [7, 11) is 0.873. The lowest BCUT2D eigenvalue weighted by molar-refractivity contribution is 0.331. The van der Waals surface area contributed by atoms with E-state index in [1.54, 1.807) is 0 Å². The van der Waals surface area contributed by atoms with Crippen LogP contribution in [0.25, 0.3) is 33.4 Å². The van der Waals surface area contributed by atoms with E-state index < -0.39 is 0 Å². The number of fused-ring (bicyclic) bond motifs is 5. The zero-order chi connectivity index (χ0) is 39.3. The molecule has 280 valence electrons. The number of nitrogens with one attached hydrogen (secondary N) is 1. The predicted molar refractivity (Wildman–Crippen MR) is 246 cm³/mol. The van der Waals surface area contributed by atoms with Gasteiger partial charge in [0, 0.05) is 33.7 Å². The number of hydrogen-bond donors (Lipinski definition) is 1. The van der Waals surface area contributed by atoms with Crippen molar-refractivity contribution in [2.75, 3.05) is 10.2 Å². The quantitative estimate of drug-likeness (QED) is 0.177. The summed E-state index contributed by atoms with van der Waals surface area (Å²) in [4.78, 5) is 2.66. The Labute approximate surface area is 339 Å². The molecule has 10 rings (SSSR count). The SMILES string of the molecule is Cc1cc(-c2cc(-c3ccccc3)ccc2Nc2cccc(-c3ccccc3)c2)c2c(c1)N1c3cc4c(cc3C(C)(C)c3cccc(c31)B2)C(C)(C)CCC4(C)C. The maximum Gasteiger partial charge on any atom is 0.198 e. The third-order valence-corrected chi connectivity index (χ3v) is 13.5. The van der Waals surface area contributed by atoms with Gasteiger partial charge in [-0.25, -0.2) is 0 Å². The fourth-order valence-electron chi connectivity index (χ4n) is 10.2. The highest BCUT2D eigenvalue weighted by atomic mass is 15.2. The molecular weight excluding hydrogens is 687 g/mol. The third kappa shape index (κ3) is 5.77. The number of benzene rings is 7. The minimum Gasteiger partial charge on any atom is -0.355 e. The highest BCUT2D eigenvalue weighted by Gasteiger charge is 2.45. The van der Waals surface area contributed by atoms with Crippen LogP contribution in [0.15, 0.2) is 146 Å². The first-order valence-corrected chi connectivity index (χ1v) is 20.8. The molecule has 0 saturated carbocycles. The molecule has 0 fully saturated rings. The molecule has 7 aromatic rings. The van der Waals surface area contributed by atoms with Crippen LogP contribution >= 0.6 is 0 Å². The maximum atomic E-state index is 3.91. The van der Waals surface area contributed by atoms with Gasteiger partial charge in [0.15, 0.2) is 7.28 Å². The van der Waals surface area contributed by atoms with Crippen molar-refractivity contribution in [2.45, 2.75) is 77.6 Å². The van der Waals surface area contributed by atoms with Crippen molar-refractivity contribution in [3.8, 4) is 33.4 Å². The summed E-state index contributed by atoms with van der Waals surface area (Å²) in [6, 6.07) is 54.4. The van der Waals surface area contributed by atoms with Crippen LogP contribution in [0.1, 0.15) is 82.2 Å². The lowest BCUT2D eigenvalue weighted by Gasteiger charge is -2.49. The number of hydrogen-bond acceptors (Lipinski definition) is 2. The summed E-state index contributed by atoms with van der Waals surface area (Å²) >= 11 is 0. The molecule has 0 unspecified atom stereocenters. The van der Waals surface area contributed by atoms with E-state index in [-0.39, 0.29) is 16.2 Å². The van der Waals surface area contributed by atoms with Gasteiger partial charge in [0.2, 0.25) is 0 Å². The third-order valence-electron chi connectivity index (χ3n) is 13.5. The molecule has 2 nitrogen and oxygen atoms in total. The molecule has 2 heterocycles. The van der Waals surface area contributed by atoms with E-state index >= 15 is 0 Å². The van der Waals surface area contributed by atoms with Crippen LogP contribution in [0, 0.1) is 6.92 Å². The van der Waals surface area contributed by atoms with Gasteiger partial charge in [-0.3, -0.25) is 0 Å². The molecule has 3 heteroatoms. The first kappa shape index (κ1) is 35.6. The van der Waals surface area contributed by atoms with Crippen molar-refractivity contribution >= 4 is 46.6 Å². The molecule has 3 aliphatic rings. The van der Waals surface area contributed by atoms with Gasteiger partial charge in [-0.1, -0.05) is 156 Å². The maximum absolute atomic E-state index is 3.91. The zero-order valence-electron chi connectivity index (χ0n) is 34.4. The van der Waals surface area contributed by atoms with Gasteiger partial charge in [0.1, 0.15) is 0 Å². The van der Waals surface area contributed by atoms with Crippen molar-refractivity contribution in [1.82, 2.24) is 0 Å². The van der Waals surface area contributed by atoms with Crippen molar-refractivity contribution in [3.63, 3.8) is 0 Å². The molecule has 57 heavy (non-hydrogen) atoms. The molecular formula is C54H51BN2. The fourth-order valence-corrected chi connectivity index (χ4v) is 10.2. The average Bonchev–Trinajstić information content (AvgIpc) is 3.21. The molecule has 0 saturated heterocycles. The Morgan fingerprint density at radius 3 is 1.84 bits per heavy atom. The van der Waals surface area contributed by atoms with Gasteiger partial charge in [-0.15, -0.1) is 0 Å². The second-order valence-corrected chi connectivity index (χ2v) is 18.6. The monoisotopic (exact) mass is 738 g/mol. The van der Waals surface area contributed by atoms with Crippen LogP contribution in [0.3, 0.4) is 0 Å². The molecule has 1 aliphatic carbocycles. The van der Waals surface area contributed by atoms with Crippen LogP contribution < -0.4 is 21.1 Å². The number of para-hydroxylation sites is 1. The minimum atomic E-state index is -0.135. The van der Waals surface area contributed by atoms with E-state index in [9.17, 15) is 0 Å². The summed E-state index contributed by atoms with van der Waals surface area (Å²) in [5, 5.41) is 3.91. The summed E-state index contributed by atoms with van der Waals surface area (Å²) in [5.74, 6) is 0. The number of rotatable bonds is 5. The Bertz CT molecular complexity index is 2720. The highest BCUT2D eigenvalue weighted by Crippen LogP contribution is 2.56. The standard InChI is InChI=1S/C54H51BN2/c1-34-28-41(40-31-38(36-18-12-9-13-19-36)24-25-47(40)56-39-21-14-20-37(30-39)35-16-10-8-11-17-35)50-49(29-34)57-48-33-44-43(52(2,3)26-27-53(44,4)5)32-45(48)54(6,7)42-22-15-23-46(55-50)51(42)57/h8-25,28-33,55-56H,26-27H2,1-7H3. The van der Waals surface area contributed by atoms with Gasteiger partial charge in [0.05, 0.1) is 5.69 Å². The van der Waals surface area contributed by atoms with Gasteiger partial charge < -0.3 is 10.2 Å². The van der Waals surface area contributed by atoms with Crippen molar-refractivity contribution in [1.29, 1.82) is 0 Å². The van der Waals surface area contributed by atoms with Crippen LogP contribution in [-0.2, 0) is 16.2 Å². The minimum absolute atomic E-state index is 0.108. The van der Waals surface area contributed by atoms with E-state index in [0.29, 0.717) is 0 Å². The van der Waals surface area contributed by atoms with Gasteiger partial charge in [-0.2, -0.15) is 0 Å². The number of aryl methyl sites for hydroxylation is 1.